The second-order valence-corrected chi connectivity index (χ2v) is 13.1. The molecule has 0 amide bonds. The molecule has 10 heteroatoms. The van der Waals surface area contributed by atoms with Crippen LogP contribution in [0.3, 0.4) is 0 Å². The summed E-state index contributed by atoms with van der Waals surface area (Å²) in [5, 5.41) is 8.37. The van der Waals surface area contributed by atoms with E-state index in [9.17, 15) is 0 Å². The Labute approximate surface area is 284 Å². The first kappa shape index (κ1) is 34.4. The van der Waals surface area contributed by atoms with Gasteiger partial charge in [0.1, 0.15) is 24.4 Å². The Morgan fingerprint density at radius 1 is 0.565 bits per heavy atom. The van der Waals surface area contributed by atoms with E-state index in [1.807, 2.05) is 121 Å². The predicted octanol–water partition coefficient (Wildman–Crippen LogP) is 8.05. The van der Waals surface area contributed by atoms with E-state index in [-0.39, 0.29) is 26.4 Å². The minimum atomic E-state index is -2.12. The molecule has 0 saturated carbocycles. The van der Waals surface area contributed by atoms with Crippen molar-refractivity contribution in [1.82, 2.24) is 0 Å². The number of nitrogens with one attached hydrogen (secondary N) is 1. The second kappa shape index (κ2) is 17.3. The maximum atomic E-state index is 8.37. The third-order valence-corrected chi connectivity index (χ3v) is 7.85. The number of hydrogen-bond donors (Lipinski definition) is 1. The van der Waals surface area contributed by atoms with Crippen LogP contribution in [0.5, 0.6) is 0 Å². The quantitative estimate of drug-likeness (QED) is 0.0823. The Bertz CT molecular complexity index is 1460. The molecule has 46 heavy (non-hydrogen) atoms. The number of ether oxygens (including phenoxy) is 6. The van der Waals surface area contributed by atoms with Crippen LogP contribution in [-0.2, 0) is 54.8 Å². The van der Waals surface area contributed by atoms with Crippen molar-refractivity contribution in [2.75, 3.05) is 6.61 Å². The van der Waals surface area contributed by atoms with Gasteiger partial charge < -0.3 is 28.4 Å². The summed E-state index contributed by atoms with van der Waals surface area (Å²) in [5.41, 5.74) is 3.87. The average Bonchev–Trinajstić information content (AvgIpc) is 3.07. The molecule has 0 spiro atoms. The third kappa shape index (κ3) is 10.3. The Morgan fingerprint density at radius 2 is 0.957 bits per heavy atom. The number of rotatable bonds is 14. The molecule has 242 valence electrons. The van der Waals surface area contributed by atoms with Gasteiger partial charge in [0, 0.05) is 0 Å². The summed E-state index contributed by atoms with van der Waals surface area (Å²) < 4.78 is 36.1. The highest BCUT2D eigenvalue weighted by Gasteiger charge is 2.51. The van der Waals surface area contributed by atoms with Gasteiger partial charge in [0.15, 0.2) is 0 Å². The summed E-state index contributed by atoms with van der Waals surface area (Å²) >= 11 is 18.1. The summed E-state index contributed by atoms with van der Waals surface area (Å²) in [6.45, 7) is 1.24. The molecule has 0 radical (unpaired) electrons. The van der Waals surface area contributed by atoms with Gasteiger partial charge in [0.25, 0.3) is 3.79 Å². The molecule has 1 fully saturated rings. The zero-order valence-electron chi connectivity index (χ0n) is 25.1. The fourth-order valence-electron chi connectivity index (χ4n) is 5.02. The standard InChI is InChI=1S/C36H36Cl3NO6/c37-36(38,39)35(40)46-34-33(44-24-29-19-11-4-12-20-29)32(43-23-28-17-9-3-10-18-28)31(42-22-27-15-7-2-8-16-27)30(45-34)25-41-21-26-13-5-1-6-14-26/h1-20,30-34,40H,21-25H2/t30?,31-,32+,33-,34-/m1/s1. The van der Waals surface area contributed by atoms with Gasteiger partial charge >= 0.3 is 0 Å². The molecular weight excluding hydrogens is 649 g/mol. The molecule has 1 saturated heterocycles. The lowest BCUT2D eigenvalue weighted by atomic mass is 9.97. The van der Waals surface area contributed by atoms with E-state index in [0.29, 0.717) is 6.61 Å². The van der Waals surface area contributed by atoms with E-state index in [2.05, 4.69) is 0 Å². The van der Waals surface area contributed by atoms with Gasteiger partial charge in [-0.25, -0.2) is 0 Å². The number of halogens is 3. The summed E-state index contributed by atoms with van der Waals surface area (Å²) in [6.07, 6.45) is -4.17. The van der Waals surface area contributed by atoms with Crippen LogP contribution in [0, 0.1) is 5.41 Å². The van der Waals surface area contributed by atoms with Gasteiger partial charge in [-0.2, -0.15) is 0 Å². The van der Waals surface area contributed by atoms with Crippen LogP contribution < -0.4 is 0 Å². The highest BCUT2D eigenvalue weighted by molar-refractivity contribution is 6.76. The molecule has 4 aromatic rings. The Morgan fingerprint density at radius 3 is 1.39 bits per heavy atom. The molecule has 1 aliphatic heterocycles. The van der Waals surface area contributed by atoms with E-state index in [4.69, 9.17) is 68.6 Å². The summed E-state index contributed by atoms with van der Waals surface area (Å²) in [6, 6.07) is 39.2. The van der Waals surface area contributed by atoms with Crippen molar-refractivity contribution in [1.29, 1.82) is 5.41 Å². The van der Waals surface area contributed by atoms with Gasteiger partial charge in [-0.3, -0.25) is 5.41 Å². The van der Waals surface area contributed by atoms with Crippen LogP contribution in [0.25, 0.3) is 0 Å². The maximum Gasteiger partial charge on any atom is 0.265 e. The molecule has 1 heterocycles. The van der Waals surface area contributed by atoms with E-state index in [1.165, 1.54) is 0 Å². The monoisotopic (exact) mass is 683 g/mol. The molecular formula is C36H36Cl3NO6. The van der Waals surface area contributed by atoms with Crippen molar-refractivity contribution in [2.24, 2.45) is 0 Å². The van der Waals surface area contributed by atoms with Crippen molar-refractivity contribution in [2.45, 2.75) is 60.9 Å². The minimum Gasteiger partial charge on any atom is -0.445 e. The molecule has 5 atom stereocenters. The van der Waals surface area contributed by atoms with Gasteiger partial charge in [-0.05, 0) is 22.3 Å². The Hall–Kier alpha value is -2.98. The normalized spacial score (nSPS) is 21.5. The SMILES string of the molecule is N=C(O[C@H]1OC(COCc2ccccc2)[C@@H](OCc2ccccc2)[C@H](OCc2ccccc2)[C@H]1OCc1ccccc1)C(Cl)(Cl)Cl. The lowest BCUT2D eigenvalue weighted by Gasteiger charge is -2.46. The summed E-state index contributed by atoms with van der Waals surface area (Å²) in [5.74, 6) is -0.606. The molecule has 4 aromatic carbocycles. The van der Waals surface area contributed by atoms with E-state index in [0.717, 1.165) is 22.3 Å². The summed E-state index contributed by atoms with van der Waals surface area (Å²) in [4.78, 5) is 0. The van der Waals surface area contributed by atoms with Crippen molar-refractivity contribution in [3.8, 4) is 0 Å². The van der Waals surface area contributed by atoms with Gasteiger partial charge in [0.05, 0.1) is 33.0 Å². The van der Waals surface area contributed by atoms with E-state index < -0.39 is 40.4 Å². The minimum absolute atomic E-state index is 0.131. The molecule has 1 N–H and O–H groups in total. The van der Waals surface area contributed by atoms with Crippen molar-refractivity contribution >= 4 is 40.7 Å². The molecule has 0 aliphatic carbocycles. The molecule has 0 aromatic heterocycles. The average molecular weight is 685 g/mol. The van der Waals surface area contributed by atoms with E-state index in [1.54, 1.807) is 0 Å². The fraction of sp³-hybridized carbons (Fsp3) is 0.306. The van der Waals surface area contributed by atoms with Crippen LogP contribution in [0.1, 0.15) is 22.3 Å². The number of benzene rings is 4. The fourth-order valence-corrected chi connectivity index (χ4v) is 5.16. The van der Waals surface area contributed by atoms with E-state index >= 15 is 0 Å². The Kier molecular flexibility index (Phi) is 12.9. The van der Waals surface area contributed by atoms with Crippen LogP contribution in [0.15, 0.2) is 121 Å². The zero-order valence-corrected chi connectivity index (χ0v) is 27.3. The largest absolute Gasteiger partial charge is 0.445 e. The van der Waals surface area contributed by atoms with Crippen LogP contribution >= 0.6 is 34.8 Å². The summed E-state index contributed by atoms with van der Waals surface area (Å²) in [7, 11) is 0. The topological polar surface area (TPSA) is 79.2 Å². The lowest BCUT2D eigenvalue weighted by molar-refractivity contribution is -0.313. The van der Waals surface area contributed by atoms with Gasteiger partial charge in [0.2, 0.25) is 12.2 Å². The van der Waals surface area contributed by atoms with Crippen LogP contribution in [-0.4, -0.2) is 47.0 Å². The first-order valence-electron chi connectivity index (χ1n) is 14.9. The molecule has 7 nitrogen and oxygen atoms in total. The Balaban J connectivity index is 1.46. The smallest absolute Gasteiger partial charge is 0.265 e. The number of hydrogen-bond acceptors (Lipinski definition) is 7. The molecule has 1 unspecified atom stereocenters. The predicted molar refractivity (Wildman–Crippen MR) is 179 cm³/mol. The molecule has 1 aliphatic rings. The molecule has 5 rings (SSSR count). The maximum absolute atomic E-state index is 8.37. The van der Waals surface area contributed by atoms with Crippen LogP contribution in [0.4, 0.5) is 0 Å². The number of alkyl halides is 3. The highest BCUT2D eigenvalue weighted by Crippen LogP contribution is 2.34. The molecule has 0 bridgehead atoms. The van der Waals surface area contributed by atoms with Gasteiger partial charge in [-0.1, -0.05) is 156 Å². The first-order valence-corrected chi connectivity index (χ1v) is 16.1. The van der Waals surface area contributed by atoms with Gasteiger partial charge in [-0.15, -0.1) is 0 Å². The van der Waals surface area contributed by atoms with Crippen molar-refractivity contribution in [3.63, 3.8) is 0 Å². The third-order valence-electron chi connectivity index (χ3n) is 7.33. The zero-order chi connectivity index (χ0) is 32.2. The van der Waals surface area contributed by atoms with Crippen LogP contribution in [0.2, 0.25) is 0 Å². The highest BCUT2D eigenvalue weighted by atomic mass is 35.6. The second-order valence-electron chi connectivity index (χ2n) is 10.8. The van der Waals surface area contributed by atoms with Crippen molar-refractivity contribution in [3.05, 3.63) is 144 Å². The first-order chi connectivity index (χ1) is 22.4. The van der Waals surface area contributed by atoms with Crippen molar-refractivity contribution < 1.29 is 28.4 Å². The lowest BCUT2D eigenvalue weighted by Crippen LogP contribution is -2.62.